The van der Waals surface area contributed by atoms with E-state index in [4.69, 9.17) is 4.74 Å². The Kier molecular flexibility index (Phi) is 5.76. The number of anilines is 3. The number of amides is 1. The number of nitrogens with zero attached hydrogens (tertiary/aromatic N) is 1. The van der Waals surface area contributed by atoms with Crippen molar-refractivity contribution in [2.45, 2.75) is 20.3 Å². The van der Waals surface area contributed by atoms with Gasteiger partial charge in [-0.1, -0.05) is 6.92 Å². The van der Waals surface area contributed by atoms with Gasteiger partial charge >= 0.3 is 0 Å². The van der Waals surface area contributed by atoms with Crippen LogP contribution in [0.1, 0.15) is 24.5 Å². The fourth-order valence-corrected chi connectivity index (χ4v) is 3.24. The van der Waals surface area contributed by atoms with Crippen molar-refractivity contribution in [3.63, 3.8) is 0 Å². The SMILES string of the molecule is CCCN(COC)c1ccc(N/C=C2/C(=O)Nc3ccc(F)cc32)cc1C. The van der Waals surface area contributed by atoms with Gasteiger partial charge < -0.3 is 20.3 Å². The van der Waals surface area contributed by atoms with E-state index in [0.717, 1.165) is 29.9 Å². The van der Waals surface area contributed by atoms with Crippen LogP contribution in [0.2, 0.25) is 0 Å². The van der Waals surface area contributed by atoms with E-state index >= 15 is 0 Å². The van der Waals surface area contributed by atoms with E-state index in [0.29, 0.717) is 23.6 Å². The fourth-order valence-electron chi connectivity index (χ4n) is 3.24. The molecule has 1 heterocycles. The predicted octanol–water partition coefficient (Wildman–Crippen LogP) is 4.36. The van der Waals surface area contributed by atoms with Gasteiger partial charge in [0.2, 0.25) is 0 Å². The van der Waals surface area contributed by atoms with E-state index in [1.807, 2.05) is 25.1 Å². The van der Waals surface area contributed by atoms with Crippen LogP contribution in [0.5, 0.6) is 0 Å². The molecule has 0 atom stereocenters. The predicted molar refractivity (Wildman–Crippen MR) is 107 cm³/mol. The summed E-state index contributed by atoms with van der Waals surface area (Å²) in [5.41, 5.74) is 4.67. The number of aryl methyl sites for hydroxylation is 1. The van der Waals surface area contributed by atoms with E-state index in [2.05, 4.69) is 22.5 Å². The Labute approximate surface area is 158 Å². The number of rotatable bonds is 7. The highest BCUT2D eigenvalue weighted by atomic mass is 19.1. The maximum atomic E-state index is 13.5. The third kappa shape index (κ3) is 4.11. The molecular formula is C21H24FN3O2. The average Bonchev–Trinajstić information content (AvgIpc) is 2.94. The Morgan fingerprint density at radius 3 is 2.78 bits per heavy atom. The maximum Gasteiger partial charge on any atom is 0.257 e. The van der Waals surface area contributed by atoms with Crippen molar-refractivity contribution in [3.05, 3.63) is 59.5 Å². The Morgan fingerprint density at radius 1 is 1.26 bits per heavy atom. The molecule has 1 aliphatic heterocycles. The van der Waals surface area contributed by atoms with E-state index in [-0.39, 0.29) is 11.7 Å². The Morgan fingerprint density at radius 2 is 2.07 bits per heavy atom. The standard InChI is InChI=1S/C21H24FN3O2/c1-4-9-25(13-27-3)20-8-6-16(10-14(20)2)23-12-18-17-11-15(22)5-7-19(17)24-21(18)26/h5-8,10-12,23H,4,9,13H2,1-3H3,(H,24,26)/b18-12+. The third-order valence-corrected chi connectivity index (χ3v) is 4.46. The number of ether oxygens (including phenoxy) is 1. The van der Waals surface area contributed by atoms with Crippen LogP contribution >= 0.6 is 0 Å². The number of carbonyl (C=O) groups excluding carboxylic acids is 1. The van der Waals surface area contributed by atoms with Gasteiger partial charge in [0.05, 0.1) is 5.57 Å². The van der Waals surface area contributed by atoms with Gasteiger partial charge in [0, 0.05) is 42.5 Å². The minimum atomic E-state index is -0.370. The van der Waals surface area contributed by atoms with Gasteiger partial charge in [0.1, 0.15) is 12.5 Å². The fraction of sp³-hybridized carbons (Fsp3) is 0.286. The lowest BCUT2D eigenvalue weighted by molar-refractivity contribution is -0.110. The molecule has 0 saturated heterocycles. The van der Waals surface area contributed by atoms with E-state index in [1.54, 1.807) is 19.4 Å². The lowest BCUT2D eigenvalue weighted by Crippen LogP contribution is -2.27. The number of hydrogen-bond donors (Lipinski definition) is 2. The zero-order valence-electron chi connectivity index (χ0n) is 15.8. The highest BCUT2D eigenvalue weighted by Crippen LogP contribution is 2.32. The first-order valence-electron chi connectivity index (χ1n) is 8.96. The zero-order chi connectivity index (χ0) is 19.4. The van der Waals surface area contributed by atoms with Crippen molar-refractivity contribution in [3.8, 4) is 0 Å². The molecule has 27 heavy (non-hydrogen) atoms. The zero-order valence-corrected chi connectivity index (χ0v) is 15.8. The summed E-state index contributed by atoms with van der Waals surface area (Å²) >= 11 is 0. The van der Waals surface area contributed by atoms with Gasteiger partial charge in [-0.15, -0.1) is 0 Å². The molecule has 2 aromatic rings. The molecule has 0 fully saturated rings. The van der Waals surface area contributed by atoms with Gasteiger partial charge in [-0.2, -0.15) is 0 Å². The normalized spacial score (nSPS) is 14.2. The lowest BCUT2D eigenvalue weighted by atomic mass is 10.1. The summed E-state index contributed by atoms with van der Waals surface area (Å²) in [4.78, 5) is 14.3. The second-order valence-electron chi connectivity index (χ2n) is 6.53. The third-order valence-electron chi connectivity index (χ3n) is 4.46. The molecule has 1 amide bonds. The summed E-state index contributed by atoms with van der Waals surface area (Å²) in [5.74, 6) is -0.615. The Bertz CT molecular complexity index is 874. The first-order valence-corrected chi connectivity index (χ1v) is 8.96. The first-order chi connectivity index (χ1) is 13.0. The molecule has 6 heteroatoms. The highest BCUT2D eigenvalue weighted by molar-refractivity contribution is 6.31. The summed E-state index contributed by atoms with van der Waals surface area (Å²) in [6.45, 7) is 5.62. The number of methoxy groups -OCH3 is 1. The molecule has 2 aromatic carbocycles. The molecule has 0 aliphatic carbocycles. The maximum absolute atomic E-state index is 13.5. The Balaban J connectivity index is 1.81. The molecule has 3 rings (SSSR count). The molecule has 142 valence electrons. The van der Waals surface area contributed by atoms with Crippen LogP contribution in [-0.2, 0) is 9.53 Å². The van der Waals surface area contributed by atoms with Gasteiger partial charge in [-0.25, -0.2) is 4.39 Å². The first kappa shape index (κ1) is 18.9. The van der Waals surface area contributed by atoms with Gasteiger partial charge in [0.25, 0.3) is 5.91 Å². The molecule has 1 aliphatic rings. The molecule has 0 spiro atoms. The van der Waals surface area contributed by atoms with Gasteiger partial charge in [-0.3, -0.25) is 4.79 Å². The molecule has 0 saturated carbocycles. The molecule has 0 unspecified atom stereocenters. The summed E-state index contributed by atoms with van der Waals surface area (Å²) < 4.78 is 18.8. The van der Waals surface area contributed by atoms with Crippen molar-refractivity contribution in [2.24, 2.45) is 0 Å². The molecule has 5 nitrogen and oxygen atoms in total. The summed E-state index contributed by atoms with van der Waals surface area (Å²) in [6, 6.07) is 10.3. The van der Waals surface area contributed by atoms with Crippen LogP contribution in [0.25, 0.3) is 5.57 Å². The summed E-state index contributed by atoms with van der Waals surface area (Å²) in [5, 5.41) is 5.89. The number of fused-ring (bicyclic) bond motifs is 1. The van der Waals surface area contributed by atoms with Crippen LogP contribution < -0.4 is 15.5 Å². The molecule has 0 radical (unpaired) electrons. The number of nitrogens with one attached hydrogen (secondary N) is 2. The van der Waals surface area contributed by atoms with E-state index in [9.17, 15) is 9.18 Å². The lowest BCUT2D eigenvalue weighted by Gasteiger charge is -2.25. The van der Waals surface area contributed by atoms with Crippen LogP contribution in [0.15, 0.2) is 42.6 Å². The highest BCUT2D eigenvalue weighted by Gasteiger charge is 2.24. The van der Waals surface area contributed by atoms with E-state index in [1.165, 1.54) is 12.1 Å². The molecule has 2 N–H and O–H groups in total. The largest absolute Gasteiger partial charge is 0.364 e. The van der Waals surface area contributed by atoms with Crippen LogP contribution in [0.3, 0.4) is 0 Å². The van der Waals surface area contributed by atoms with Crippen LogP contribution in [0, 0.1) is 12.7 Å². The minimum Gasteiger partial charge on any atom is -0.364 e. The second kappa shape index (κ2) is 8.22. The van der Waals surface area contributed by atoms with Crippen LogP contribution in [0.4, 0.5) is 21.5 Å². The smallest absolute Gasteiger partial charge is 0.257 e. The van der Waals surface area contributed by atoms with Gasteiger partial charge in [0.15, 0.2) is 0 Å². The van der Waals surface area contributed by atoms with Crippen molar-refractivity contribution in [2.75, 3.05) is 35.9 Å². The molecular weight excluding hydrogens is 345 g/mol. The van der Waals surface area contributed by atoms with Crippen molar-refractivity contribution in [1.82, 2.24) is 0 Å². The van der Waals surface area contributed by atoms with Crippen molar-refractivity contribution >= 4 is 28.5 Å². The molecule has 0 bridgehead atoms. The van der Waals surface area contributed by atoms with Crippen molar-refractivity contribution < 1.29 is 13.9 Å². The summed E-state index contributed by atoms with van der Waals surface area (Å²) in [6.07, 6.45) is 2.65. The number of hydrogen-bond acceptors (Lipinski definition) is 4. The second-order valence-corrected chi connectivity index (χ2v) is 6.53. The molecule has 0 aromatic heterocycles. The summed E-state index contributed by atoms with van der Waals surface area (Å²) in [7, 11) is 1.69. The Hall–Kier alpha value is -2.86. The van der Waals surface area contributed by atoms with E-state index < -0.39 is 0 Å². The monoisotopic (exact) mass is 369 g/mol. The number of benzene rings is 2. The van der Waals surface area contributed by atoms with Gasteiger partial charge in [-0.05, 0) is 55.3 Å². The number of carbonyl (C=O) groups is 1. The number of halogens is 1. The topological polar surface area (TPSA) is 53.6 Å². The van der Waals surface area contributed by atoms with Crippen LogP contribution in [-0.4, -0.2) is 26.3 Å². The quantitative estimate of drug-likeness (QED) is 0.562. The van der Waals surface area contributed by atoms with Crippen molar-refractivity contribution in [1.29, 1.82) is 0 Å². The minimum absolute atomic E-state index is 0.245. The average molecular weight is 369 g/mol.